The van der Waals surface area contributed by atoms with E-state index in [4.69, 9.17) is 0 Å². The normalized spacial score (nSPS) is 12.4. The predicted octanol–water partition coefficient (Wildman–Crippen LogP) is 3.75. The molecular weight excluding hydrogens is 387 g/mol. The molecule has 0 aliphatic heterocycles. The Labute approximate surface area is 164 Å². The van der Waals surface area contributed by atoms with Crippen LogP contribution in [0.15, 0.2) is 54.7 Å². The molecule has 152 valence electrons. The highest BCUT2D eigenvalue weighted by molar-refractivity contribution is 5.97. The maximum absolute atomic E-state index is 12.7. The van der Waals surface area contributed by atoms with Crippen molar-refractivity contribution < 1.29 is 27.5 Å². The number of rotatable bonds is 6. The van der Waals surface area contributed by atoms with Gasteiger partial charge in [0, 0.05) is 36.1 Å². The summed E-state index contributed by atoms with van der Waals surface area (Å²) in [5.41, 5.74) is 2.03. The lowest BCUT2D eigenvalue weighted by Crippen LogP contribution is -2.44. The number of aromatic amines is 1. The van der Waals surface area contributed by atoms with Crippen molar-refractivity contribution in [2.75, 3.05) is 5.32 Å². The van der Waals surface area contributed by atoms with Gasteiger partial charge in [-0.1, -0.05) is 18.2 Å². The van der Waals surface area contributed by atoms with Crippen molar-refractivity contribution in [2.24, 2.45) is 0 Å². The van der Waals surface area contributed by atoms with Crippen LogP contribution in [0.1, 0.15) is 12.5 Å². The Hall–Kier alpha value is -3.49. The highest BCUT2D eigenvalue weighted by Gasteiger charge is 2.31. The minimum Gasteiger partial charge on any atom is -0.406 e. The SMILES string of the molecule is CC(=O)NC(Cc1c[nH]c2ccccc12)C(=O)Nc1ccc(OC(F)(F)F)cc1. The number of carbonyl (C=O) groups excluding carboxylic acids is 2. The Balaban J connectivity index is 1.73. The Morgan fingerprint density at radius 1 is 1.10 bits per heavy atom. The van der Waals surface area contributed by atoms with Gasteiger partial charge in [-0.15, -0.1) is 13.2 Å². The van der Waals surface area contributed by atoms with Gasteiger partial charge < -0.3 is 20.4 Å². The van der Waals surface area contributed by atoms with Crippen LogP contribution in [-0.4, -0.2) is 29.2 Å². The van der Waals surface area contributed by atoms with Crippen LogP contribution < -0.4 is 15.4 Å². The number of amides is 2. The fourth-order valence-corrected chi connectivity index (χ4v) is 2.94. The molecule has 0 aliphatic carbocycles. The van der Waals surface area contributed by atoms with Gasteiger partial charge in [-0.25, -0.2) is 0 Å². The first kappa shape index (κ1) is 20.2. The van der Waals surface area contributed by atoms with E-state index in [1.54, 1.807) is 6.20 Å². The maximum Gasteiger partial charge on any atom is 0.573 e. The first-order valence-electron chi connectivity index (χ1n) is 8.70. The van der Waals surface area contributed by atoms with Crippen LogP contribution in [0.5, 0.6) is 5.75 Å². The summed E-state index contributed by atoms with van der Waals surface area (Å²) in [7, 11) is 0. The van der Waals surface area contributed by atoms with Crippen LogP contribution in [0.3, 0.4) is 0 Å². The molecule has 9 heteroatoms. The van der Waals surface area contributed by atoms with Gasteiger partial charge in [0.15, 0.2) is 0 Å². The molecule has 1 aromatic heterocycles. The first-order chi connectivity index (χ1) is 13.7. The molecule has 0 fully saturated rings. The summed E-state index contributed by atoms with van der Waals surface area (Å²) in [5, 5.41) is 6.14. The fraction of sp³-hybridized carbons (Fsp3) is 0.200. The zero-order chi connectivity index (χ0) is 21.0. The van der Waals surface area contributed by atoms with Gasteiger partial charge in [0.1, 0.15) is 11.8 Å². The Kier molecular flexibility index (Phi) is 5.76. The van der Waals surface area contributed by atoms with Crippen LogP contribution in [-0.2, 0) is 16.0 Å². The average molecular weight is 405 g/mol. The van der Waals surface area contributed by atoms with Gasteiger partial charge in [0.25, 0.3) is 0 Å². The molecule has 0 saturated carbocycles. The minimum atomic E-state index is -4.79. The van der Waals surface area contributed by atoms with Crippen LogP contribution in [0.4, 0.5) is 18.9 Å². The molecule has 0 saturated heterocycles. The molecule has 0 bridgehead atoms. The number of benzene rings is 2. The summed E-state index contributed by atoms with van der Waals surface area (Å²) in [5.74, 6) is -1.26. The number of halogens is 3. The van der Waals surface area contributed by atoms with E-state index >= 15 is 0 Å². The van der Waals surface area contributed by atoms with Gasteiger partial charge >= 0.3 is 6.36 Å². The molecule has 3 aromatic rings. The number of para-hydroxylation sites is 1. The smallest absolute Gasteiger partial charge is 0.406 e. The number of hydrogen-bond donors (Lipinski definition) is 3. The molecule has 0 radical (unpaired) electrons. The zero-order valence-corrected chi connectivity index (χ0v) is 15.3. The number of hydrogen-bond acceptors (Lipinski definition) is 3. The molecule has 29 heavy (non-hydrogen) atoms. The number of alkyl halides is 3. The number of H-pyrrole nitrogens is 1. The van der Waals surface area contributed by atoms with E-state index in [0.29, 0.717) is 0 Å². The van der Waals surface area contributed by atoms with Crippen LogP contribution in [0, 0.1) is 0 Å². The van der Waals surface area contributed by atoms with Gasteiger partial charge in [0.2, 0.25) is 11.8 Å². The highest BCUT2D eigenvalue weighted by Crippen LogP contribution is 2.24. The summed E-state index contributed by atoms with van der Waals surface area (Å²) >= 11 is 0. The third-order valence-electron chi connectivity index (χ3n) is 4.15. The van der Waals surface area contributed by atoms with Crippen molar-refractivity contribution in [3.63, 3.8) is 0 Å². The molecule has 1 heterocycles. The van der Waals surface area contributed by atoms with E-state index in [2.05, 4.69) is 20.4 Å². The lowest BCUT2D eigenvalue weighted by Gasteiger charge is -2.18. The zero-order valence-electron chi connectivity index (χ0n) is 15.3. The summed E-state index contributed by atoms with van der Waals surface area (Å²) in [4.78, 5) is 27.3. The summed E-state index contributed by atoms with van der Waals surface area (Å²) in [6.45, 7) is 1.30. The molecule has 2 aromatic carbocycles. The molecule has 0 spiro atoms. The highest BCUT2D eigenvalue weighted by atomic mass is 19.4. The van der Waals surface area contributed by atoms with Crippen LogP contribution in [0.25, 0.3) is 10.9 Å². The van der Waals surface area contributed by atoms with Gasteiger partial charge in [-0.2, -0.15) is 0 Å². The van der Waals surface area contributed by atoms with Crippen LogP contribution >= 0.6 is 0 Å². The quantitative estimate of drug-likeness (QED) is 0.584. The maximum atomic E-state index is 12.7. The van der Waals surface area contributed by atoms with E-state index in [1.165, 1.54) is 19.1 Å². The Morgan fingerprint density at radius 2 is 1.79 bits per heavy atom. The number of ether oxygens (including phenoxy) is 1. The van der Waals surface area contributed by atoms with E-state index in [0.717, 1.165) is 28.6 Å². The second kappa shape index (κ2) is 8.26. The third-order valence-corrected chi connectivity index (χ3v) is 4.15. The second-order valence-electron chi connectivity index (χ2n) is 6.38. The van der Waals surface area contributed by atoms with Crippen molar-refractivity contribution in [1.29, 1.82) is 0 Å². The number of nitrogens with one attached hydrogen (secondary N) is 3. The number of fused-ring (bicyclic) bond motifs is 1. The molecule has 3 N–H and O–H groups in total. The largest absolute Gasteiger partial charge is 0.573 e. The number of carbonyl (C=O) groups is 2. The second-order valence-corrected chi connectivity index (χ2v) is 6.38. The molecule has 3 rings (SSSR count). The topological polar surface area (TPSA) is 83.2 Å². The molecule has 1 atom stereocenters. The Morgan fingerprint density at radius 3 is 2.45 bits per heavy atom. The van der Waals surface area contributed by atoms with Gasteiger partial charge in [-0.3, -0.25) is 9.59 Å². The lowest BCUT2D eigenvalue weighted by atomic mass is 10.0. The van der Waals surface area contributed by atoms with E-state index in [9.17, 15) is 22.8 Å². The number of aromatic nitrogens is 1. The monoisotopic (exact) mass is 405 g/mol. The van der Waals surface area contributed by atoms with E-state index < -0.39 is 24.1 Å². The van der Waals surface area contributed by atoms with Crippen molar-refractivity contribution in [1.82, 2.24) is 10.3 Å². The minimum absolute atomic E-state index is 0.241. The van der Waals surface area contributed by atoms with E-state index in [1.807, 2.05) is 24.3 Å². The third kappa shape index (κ3) is 5.50. The number of anilines is 1. The molecule has 2 amide bonds. The van der Waals surface area contributed by atoms with Crippen molar-refractivity contribution >= 4 is 28.4 Å². The molecule has 6 nitrogen and oxygen atoms in total. The lowest BCUT2D eigenvalue weighted by molar-refractivity contribution is -0.274. The summed E-state index contributed by atoms with van der Waals surface area (Å²) < 4.78 is 40.5. The van der Waals surface area contributed by atoms with Crippen LogP contribution in [0.2, 0.25) is 0 Å². The molecule has 0 aliphatic rings. The molecular formula is C20H18F3N3O3. The van der Waals surface area contributed by atoms with Gasteiger partial charge in [0.05, 0.1) is 0 Å². The molecule has 1 unspecified atom stereocenters. The fourth-order valence-electron chi connectivity index (χ4n) is 2.94. The summed E-state index contributed by atoms with van der Waals surface area (Å²) in [6.07, 6.45) is -2.78. The summed E-state index contributed by atoms with van der Waals surface area (Å²) in [6, 6.07) is 11.5. The van der Waals surface area contributed by atoms with Gasteiger partial charge in [-0.05, 0) is 35.9 Å². The van der Waals surface area contributed by atoms with Crippen molar-refractivity contribution in [2.45, 2.75) is 25.7 Å². The predicted molar refractivity (Wildman–Crippen MR) is 101 cm³/mol. The standard InChI is InChI=1S/C20H18F3N3O3/c1-12(27)25-18(10-13-11-24-17-5-3-2-4-16(13)17)19(28)26-14-6-8-15(9-7-14)29-20(21,22)23/h2-9,11,18,24H,10H2,1H3,(H,25,27)(H,26,28). The van der Waals surface area contributed by atoms with Crippen molar-refractivity contribution in [3.05, 3.63) is 60.3 Å². The average Bonchev–Trinajstić information content (AvgIpc) is 3.04. The Bertz CT molecular complexity index is 1010. The first-order valence-corrected chi connectivity index (χ1v) is 8.70. The van der Waals surface area contributed by atoms with E-state index in [-0.39, 0.29) is 18.0 Å². The van der Waals surface area contributed by atoms with Crippen molar-refractivity contribution in [3.8, 4) is 5.75 Å².